The van der Waals surface area contributed by atoms with E-state index >= 15 is 0 Å². The van der Waals surface area contributed by atoms with Crippen LogP contribution in [0.1, 0.15) is 19.3 Å². The number of esters is 1. The molecule has 1 unspecified atom stereocenters. The minimum Gasteiger partial charge on any atom is -0.469 e. The lowest BCUT2D eigenvalue weighted by Crippen LogP contribution is -2.31. The Bertz CT molecular complexity index is 213. The Labute approximate surface area is 85.7 Å². The minimum atomic E-state index is -0.162. The quantitative estimate of drug-likeness (QED) is 0.506. The third kappa shape index (κ3) is 3.92. The molecule has 1 heterocycles. The smallest absolute Gasteiger partial charge is 0.309 e. The predicted molar refractivity (Wildman–Crippen MR) is 56.0 cm³/mol. The van der Waals surface area contributed by atoms with E-state index in [0.29, 0.717) is 12.3 Å². The third-order valence-electron chi connectivity index (χ3n) is 2.58. The molecule has 0 spiro atoms. The molecule has 0 N–H and O–H groups in total. The van der Waals surface area contributed by atoms with Gasteiger partial charge in [0.2, 0.25) is 0 Å². The van der Waals surface area contributed by atoms with Gasteiger partial charge in [0.15, 0.2) is 0 Å². The van der Waals surface area contributed by atoms with Crippen molar-refractivity contribution in [1.29, 1.82) is 0 Å². The Morgan fingerprint density at radius 1 is 1.64 bits per heavy atom. The van der Waals surface area contributed by atoms with Crippen molar-refractivity contribution in [3.05, 3.63) is 12.2 Å². The van der Waals surface area contributed by atoms with Crippen molar-refractivity contribution in [2.45, 2.75) is 19.3 Å². The zero-order valence-corrected chi connectivity index (χ0v) is 9.03. The van der Waals surface area contributed by atoms with E-state index in [2.05, 4.69) is 22.8 Å². The van der Waals surface area contributed by atoms with Gasteiger partial charge in [0.25, 0.3) is 0 Å². The Morgan fingerprint density at radius 2 is 2.43 bits per heavy atom. The number of methoxy groups -OCH3 is 1. The van der Waals surface area contributed by atoms with Gasteiger partial charge < -0.3 is 9.64 Å². The van der Waals surface area contributed by atoms with Gasteiger partial charge in [0.05, 0.1) is 13.5 Å². The van der Waals surface area contributed by atoms with Gasteiger partial charge in [-0.05, 0) is 32.4 Å². The summed E-state index contributed by atoms with van der Waals surface area (Å²) < 4.78 is 4.56. The maximum Gasteiger partial charge on any atom is 0.309 e. The first-order valence-electron chi connectivity index (χ1n) is 5.14. The van der Waals surface area contributed by atoms with E-state index in [1.807, 2.05) is 6.08 Å². The van der Waals surface area contributed by atoms with Gasteiger partial charge in [-0.1, -0.05) is 12.2 Å². The topological polar surface area (TPSA) is 29.5 Å². The molecular weight excluding hydrogens is 178 g/mol. The monoisotopic (exact) mass is 197 g/mol. The van der Waals surface area contributed by atoms with Crippen LogP contribution in [0.5, 0.6) is 0 Å². The van der Waals surface area contributed by atoms with Crippen LogP contribution in [0.15, 0.2) is 12.2 Å². The number of nitrogens with zero attached hydrogens (tertiary/aromatic N) is 1. The normalized spacial score (nSPS) is 24.0. The molecule has 1 aliphatic rings. The van der Waals surface area contributed by atoms with Crippen LogP contribution in [-0.4, -0.2) is 38.1 Å². The molecule has 1 saturated heterocycles. The van der Waals surface area contributed by atoms with Crippen molar-refractivity contribution in [3.63, 3.8) is 0 Å². The average Bonchev–Trinajstić information content (AvgIpc) is 2.17. The lowest BCUT2D eigenvalue weighted by Gasteiger charge is -2.27. The van der Waals surface area contributed by atoms with Crippen molar-refractivity contribution in [2.75, 3.05) is 27.2 Å². The molecule has 0 aromatic rings. The van der Waals surface area contributed by atoms with Crippen LogP contribution in [0.2, 0.25) is 0 Å². The molecule has 3 nitrogen and oxygen atoms in total. The first-order valence-corrected chi connectivity index (χ1v) is 5.14. The first kappa shape index (κ1) is 11.2. The summed E-state index contributed by atoms with van der Waals surface area (Å²) in [5.74, 6) is 0.448. The summed E-state index contributed by atoms with van der Waals surface area (Å²) >= 11 is 0. The Morgan fingerprint density at radius 3 is 3.07 bits per heavy atom. The Balaban J connectivity index is 2.25. The van der Waals surface area contributed by atoms with Crippen molar-refractivity contribution >= 4 is 5.97 Å². The molecule has 0 aliphatic carbocycles. The van der Waals surface area contributed by atoms with E-state index in [1.54, 1.807) is 0 Å². The summed E-state index contributed by atoms with van der Waals surface area (Å²) in [4.78, 5) is 13.2. The highest BCUT2D eigenvalue weighted by atomic mass is 16.5. The molecule has 1 fully saturated rings. The van der Waals surface area contributed by atoms with E-state index < -0.39 is 0 Å². The number of hydrogen-bond donors (Lipinski definition) is 0. The number of rotatable bonds is 3. The number of likely N-dealkylation sites (tertiary alicyclic amines) is 1. The molecule has 0 aromatic carbocycles. The summed E-state index contributed by atoms with van der Waals surface area (Å²) in [5, 5.41) is 0. The van der Waals surface area contributed by atoms with Crippen LogP contribution in [-0.2, 0) is 9.53 Å². The molecule has 1 aliphatic heterocycles. The lowest BCUT2D eigenvalue weighted by atomic mass is 9.98. The minimum absolute atomic E-state index is 0.162. The molecule has 1 rings (SSSR count). The SMILES string of the molecule is COC(=O)C/C=C\C1CCCN(C)C1. The molecule has 80 valence electrons. The third-order valence-corrected chi connectivity index (χ3v) is 2.58. The zero-order chi connectivity index (χ0) is 10.4. The Kier molecular flexibility index (Phi) is 4.66. The van der Waals surface area contributed by atoms with E-state index in [9.17, 15) is 4.79 Å². The van der Waals surface area contributed by atoms with Crippen LogP contribution in [0.3, 0.4) is 0 Å². The van der Waals surface area contributed by atoms with Gasteiger partial charge in [0, 0.05) is 6.54 Å². The highest BCUT2D eigenvalue weighted by Gasteiger charge is 2.13. The van der Waals surface area contributed by atoms with E-state index in [1.165, 1.54) is 26.5 Å². The van der Waals surface area contributed by atoms with Crippen molar-refractivity contribution in [2.24, 2.45) is 5.92 Å². The molecular formula is C11H19NO2. The highest BCUT2D eigenvalue weighted by molar-refractivity contribution is 5.70. The molecule has 0 radical (unpaired) electrons. The fourth-order valence-corrected chi connectivity index (χ4v) is 1.80. The molecule has 1 atom stereocenters. The van der Waals surface area contributed by atoms with Gasteiger partial charge in [-0.3, -0.25) is 4.79 Å². The van der Waals surface area contributed by atoms with Gasteiger partial charge in [-0.25, -0.2) is 0 Å². The number of carbonyl (C=O) groups is 1. The second kappa shape index (κ2) is 5.81. The van der Waals surface area contributed by atoms with Crippen LogP contribution in [0, 0.1) is 5.92 Å². The van der Waals surface area contributed by atoms with Gasteiger partial charge in [0.1, 0.15) is 0 Å². The van der Waals surface area contributed by atoms with Gasteiger partial charge in [-0.2, -0.15) is 0 Å². The van der Waals surface area contributed by atoms with E-state index in [-0.39, 0.29) is 5.97 Å². The van der Waals surface area contributed by atoms with E-state index in [4.69, 9.17) is 0 Å². The van der Waals surface area contributed by atoms with Gasteiger partial charge >= 0.3 is 5.97 Å². The number of carbonyl (C=O) groups excluding carboxylic acids is 1. The fourth-order valence-electron chi connectivity index (χ4n) is 1.80. The summed E-state index contributed by atoms with van der Waals surface area (Å²) in [6, 6.07) is 0. The van der Waals surface area contributed by atoms with Crippen molar-refractivity contribution in [3.8, 4) is 0 Å². The zero-order valence-electron chi connectivity index (χ0n) is 9.03. The fraction of sp³-hybridized carbons (Fsp3) is 0.727. The molecule has 0 saturated carbocycles. The average molecular weight is 197 g/mol. The molecule has 3 heteroatoms. The van der Waals surface area contributed by atoms with Crippen molar-refractivity contribution < 1.29 is 9.53 Å². The lowest BCUT2D eigenvalue weighted by molar-refractivity contribution is -0.139. The first-order chi connectivity index (χ1) is 6.72. The van der Waals surface area contributed by atoms with Crippen LogP contribution < -0.4 is 0 Å². The predicted octanol–water partition coefficient (Wildman–Crippen LogP) is 1.45. The molecule has 0 aromatic heterocycles. The number of hydrogen-bond acceptors (Lipinski definition) is 3. The molecule has 14 heavy (non-hydrogen) atoms. The van der Waals surface area contributed by atoms with Crippen molar-refractivity contribution in [1.82, 2.24) is 4.90 Å². The summed E-state index contributed by atoms with van der Waals surface area (Å²) in [6.45, 7) is 2.30. The second-order valence-corrected chi connectivity index (χ2v) is 3.87. The number of piperidine rings is 1. The Hall–Kier alpha value is -0.830. The summed E-state index contributed by atoms with van der Waals surface area (Å²) in [6.07, 6.45) is 6.96. The van der Waals surface area contributed by atoms with Crippen LogP contribution >= 0.6 is 0 Å². The maximum atomic E-state index is 10.8. The highest BCUT2D eigenvalue weighted by Crippen LogP contribution is 2.16. The maximum absolute atomic E-state index is 10.8. The van der Waals surface area contributed by atoms with Gasteiger partial charge in [-0.15, -0.1) is 0 Å². The molecule has 0 amide bonds. The summed E-state index contributed by atoms with van der Waals surface area (Å²) in [5.41, 5.74) is 0. The largest absolute Gasteiger partial charge is 0.469 e. The second-order valence-electron chi connectivity index (χ2n) is 3.87. The van der Waals surface area contributed by atoms with E-state index in [0.717, 1.165) is 6.54 Å². The molecule has 0 bridgehead atoms. The standard InChI is InChI=1S/C11H19NO2/c1-12-8-4-6-10(9-12)5-3-7-11(13)14-2/h3,5,10H,4,6-9H2,1-2H3/b5-3-. The number of ether oxygens (including phenoxy) is 1. The van der Waals surface area contributed by atoms with Crippen LogP contribution in [0.4, 0.5) is 0 Å². The van der Waals surface area contributed by atoms with Crippen LogP contribution in [0.25, 0.3) is 0 Å². The summed E-state index contributed by atoms with van der Waals surface area (Å²) in [7, 11) is 3.56.